The van der Waals surface area contributed by atoms with Crippen LogP contribution in [0.1, 0.15) is 26.7 Å². The first-order valence-corrected chi connectivity index (χ1v) is 6.43. The zero-order valence-corrected chi connectivity index (χ0v) is 10.6. The first kappa shape index (κ1) is 16.8. The van der Waals surface area contributed by atoms with Gasteiger partial charge in [0.2, 0.25) is 0 Å². The van der Waals surface area contributed by atoms with E-state index < -0.39 is 27.4 Å². The molecule has 0 heterocycles. The van der Waals surface area contributed by atoms with Gasteiger partial charge in [-0.1, -0.05) is 6.92 Å². The minimum Gasteiger partial charge on any atom is -0.463 e. The molecule has 9 heteroatoms. The van der Waals surface area contributed by atoms with Gasteiger partial charge in [0, 0.05) is 6.42 Å². The van der Waals surface area contributed by atoms with Gasteiger partial charge in [-0.2, -0.15) is 21.6 Å². The molecule has 0 N–H and O–H groups in total. The van der Waals surface area contributed by atoms with Crippen LogP contribution in [0.15, 0.2) is 11.8 Å². The molecule has 5 nitrogen and oxygen atoms in total. The Morgan fingerprint density at radius 2 is 1.83 bits per heavy atom. The molecular weight excluding hydrogens is 277 g/mol. The summed E-state index contributed by atoms with van der Waals surface area (Å²) in [5.41, 5.74) is -5.53. The Morgan fingerprint density at radius 1 is 1.28 bits per heavy atom. The number of carbonyl (C=O) groups is 1. The van der Waals surface area contributed by atoms with E-state index in [1.165, 1.54) is 6.92 Å². The maximum absolute atomic E-state index is 12.1. The predicted molar refractivity (Wildman–Crippen MR) is 55.7 cm³/mol. The van der Waals surface area contributed by atoms with Gasteiger partial charge in [-0.25, -0.2) is 4.79 Å². The summed E-state index contributed by atoms with van der Waals surface area (Å²) in [5, 5.41) is 0. The van der Waals surface area contributed by atoms with Gasteiger partial charge in [-0.15, -0.1) is 0 Å². The Bertz CT molecular complexity index is 410. The van der Waals surface area contributed by atoms with Crippen molar-refractivity contribution >= 4 is 16.1 Å². The highest BCUT2D eigenvalue weighted by atomic mass is 32.2. The second-order valence-corrected chi connectivity index (χ2v) is 4.63. The van der Waals surface area contributed by atoms with Gasteiger partial charge in [-0.3, -0.25) is 0 Å². The van der Waals surface area contributed by atoms with Crippen LogP contribution >= 0.6 is 0 Å². The van der Waals surface area contributed by atoms with Crippen molar-refractivity contribution in [3.8, 4) is 0 Å². The fourth-order valence-corrected chi connectivity index (χ4v) is 1.40. The molecular formula is C9H13F3O5S. The lowest BCUT2D eigenvalue weighted by Gasteiger charge is -2.11. The summed E-state index contributed by atoms with van der Waals surface area (Å²) in [5.74, 6) is -1.56. The third-order valence-electron chi connectivity index (χ3n) is 1.56. The third-order valence-corrected chi connectivity index (χ3v) is 2.56. The SMILES string of the molecule is CCC/C(=C/C(=O)OCC)OS(=O)(=O)C(F)(F)F. The van der Waals surface area contributed by atoms with Gasteiger partial charge < -0.3 is 8.92 Å². The van der Waals surface area contributed by atoms with Gasteiger partial charge in [0.1, 0.15) is 5.76 Å². The lowest BCUT2D eigenvalue weighted by molar-refractivity contribution is -0.137. The molecule has 0 aliphatic rings. The number of allylic oxidation sites excluding steroid dienone is 1. The lowest BCUT2D eigenvalue weighted by Crippen LogP contribution is -2.25. The molecule has 0 saturated carbocycles. The average molecular weight is 290 g/mol. The number of hydrogen-bond donors (Lipinski definition) is 0. The zero-order chi connectivity index (χ0) is 14.4. The Kier molecular flexibility index (Phi) is 6.16. The third kappa shape index (κ3) is 5.39. The van der Waals surface area contributed by atoms with Crippen molar-refractivity contribution in [2.24, 2.45) is 0 Å². The van der Waals surface area contributed by atoms with E-state index in [-0.39, 0.29) is 13.0 Å². The lowest BCUT2D eigenvalue weighted by atomic mass is 10.3. The van der Waals surface area contributed by atoms with Crippen LogP contribution in [0.4, 0.5) is 13.2 Å². The molecule has 18 heavy (non-hydrogen) atoms. The Hall–Kier alpha value is -1.25. The van der Waals surface area contributed by atoms with Crippen LogP contribution in [0.2, 0.25) is 0 Å². The van der Waals surface area contributed by atoms with E-state index in [4.69, 9.17) is 0 Å². The summed E-state index contributed by atoms with van der Waals surface area (Å²) in [4.78, 5) is 11.0. The zero-order valence-electron chi connectivity index (χ0n) is 9.78. The van der Waals surface area contributed by atoms with Gasteiger partial charge in [-0.05, 0) is 13.3 Å². The van der Waals surface area contributed by atoms with Crippen LogP contribution < -0.4 is 0 Å². The van der Waals surface area contributed by atoms with Crippen molar-refractivity contribution in [1.82, 2.24) is 0 Å². The van der Waals surface area contributed by atoms with Gasteiger partial charge >= 0.3 is 21.6 Å². The monoisotopic (exact) mass is 290 g/mol. The number of hydrogen-bond acceptors (Lipinski definition) is 5. The minimum atomic E-state index is -5.76. The van der Waals surface area contributed by atoms with Crippen molar-refractivity contribution in [2.45, 2.75) is 32.2 Å². The van der Waals surface area contributed by atoms with Gasteiger partial charge in [0.15, 0.2) is 0 Å². The van der Waals surface area contributed by atoms with E-state index in [9.17, 15) is 26.4 Å². The van der Waals surface area contributed by atoms with Crippen LogP contribution in [0.3, 0.4) is 0 Å². The number of halogens is 3. The molecule has 0 unspecified atom stereocenters. The quantitative estimate of drug-likeness (QED) is 0.246. The summed E-state index contributed by atoms with van der Waals surface area (Å²) in [6, 6.07) is 0. The molecule has 0 saturated heterocycles. The topological polar surface area (TPSA) is 69.7 Å². The number of alkyl halides is 3. The van der Waals surface area contributed by atoms with Crippen molar-refractivity contribution < 1.29 is 35.3 Å². The number of ether oxygens (including phenoxy) is 1. The first-order chi connectivity index (χ1) is 8.14. The van der Waals surface area contributed by atoms with Crippen molar-refractivity contribution in [2.75, 3.05) is 6.61 Å². The smallest absolute Gasteiger partial charge is 0.463 e. The number of esters is 1. The summed E-state index contributed by atoms with van der Waals surface area (Å²) in [6.07, 6.45) is 0.767. The normalized spacial score (nSPS) is 13.3. The molecule has 0 aliphatic heterocycles. The highest BCUT2D eigenvalue weighted by molar-refractivity contribution is 7.87. The Morgan fingerprint density at radius 3 is 2.22 bits per heavy atom. The van der Waals surface area contributed by atoms with E-state index >= 15 is 0 Å². The van der Waals surface area contributed by atoms with Crippen LogP contribution in [0, 0.1) is 0 Å². The second kappa shape index (κ2) is 6.62. The molecule has 0 spiro atoms. The highest BCUT2D eigenvalue weighted by Crippen LogP contribution is 2.27. The Labute approximate surface area is 103 Å². The van der Waals surface area contributed by atoms with Gasteiger partial charge in [0.05, 0.1) is 12.7 Å². The van der Waals surface area contributed by atoms with Gasteiger partial charge in [0.25, 0.3) is 0 Å². The maximum atomic E-state index is 12.1. The van der Waals surface area contributed by atoms with E-state index in [2.05, 4.69) is 8.92 Å². The number of carbonyl (C=O) groups excluding carboxylic acids is 1. The molecule has 0 amide bonds. The van der Waals surface area contributed by atoms with E-state index in [0.29, 0.717) is 12.5 Å². The van der Waals surface area contributed by atoms with E-state index in [0.717, 1.165) is 0 Å². The molecule has 0 aliphatic carbocycles. The van der Waals surface area contributed by atoms with Crippen LogP contribution in [0.5, 0.6) is 0 Å². The summed E-state index contributed by atoms with van der Waals surface area (Å²) < 4.78 is 66.0. The molecule has 0 radical (unpaired) electrons. The van der Waals surface area contributed by atoms with Crippen molar-refractivity contribution in [3.63, 3.8) is 0 Å². The van der Waals surface area contributed by atoms with E-state index in [1.807, 2.05) is 0 Å². The molecule has 0 bridgehead atoms. The summed E-state index contributed by atoms with van der Waals surface area (Å²) in [7, 11) is -5.76. The second-order valence-electron chi connectivity index (χ2n) is 3.10. The predicted octanol–water partition coefficient (Wildman–Crippen LogP) is 2.10. The largest absolute Gasteiger partial charge is 0.534 e. The molecule has 0 aromatic carbocycles. The standard InChI is InChI=1S/C9H13F3O5S/c1-3-5-7(6-8(13)16-4-2)17-18(14,15)9(10,11)12/h6H,3-5H2,1-2H3/b7-6-. The minimum absolute atomic E-state index is 0.0146. The average Bonchev–Trinajstić information content (AvgIpc) is 2.15. The van der Waals surface area contributed by atoms with Crippen LogP contribution in [-0.2, 0) is 23.8 Å². The molecule has 106 valence electrons. The summed E-state index contributed by atoms with van der Waals surface area (Å²) >= 11 is 0. The summed E-state index contributed by atoms with van der Waals surface area (Å²) in [6.45, 7) is 3.10. The molecule has 0 aromatic rings. The fraction of sp³-hybridized carbons (Fsp3) is 0.667. The molecule has 0 fully saturated rings. The fourth-order valence-electron chi connectivity index (χ4n) is 0.888. The molecule has 0 atom stereocenters. The van der Waals surface area contributed by atoms with Crippen molar-refractivity contribution in [1.29, 1.82) is 0 Å². The van der Waals surface area contributed by atoms with Crippen molar-refractivity contribution in [3.05, 3.63) is 11.8 Å². The van der Waals surface area contributed by atoms with E-state index in [1.54, 1.807) is 6.92 Å². The molecule has 0 rings (SSSR count). The Balaban J connectivity index is 5.01. The number of rotatable bonds is 6. The first-order valence-electron chi connectivity index (χ1n) is 5.02. The maximum Gasteiger partial charge on any atom is 0.534 e. The van der Waals surface area contributed by atoms with Crippen LogP contribution in [-0.4, -0.2) is 26.5 Å². The molecule has 0 aromatic heterocycles. The highest BCUT2D eigenvalue weighted by Gasteiger charge is 2.48. The van der Waals surface area contributed by atoms with Crippen LogP contribution in [0.25, 0.3) is 0 Å².